The lowest BCUT2D eigenvalue weighted by atomic mass is 10.1. The van der Waals surface area contributed by atoms with Gasteiger partial charge in [0.1, 0.15) is 11.8 Å². The van der Waals surface area contributed by atoms with Gasteiger partial charge < -0.3 is 15.0 Å². The second-order valence-corrected chi connectivity index (χ2v) is 9.47. The molecule has 2 amide bonds. The summed E-state index contributed by atoms with van der Waals surface area (Å²) in [6.45, 7) is 11.6. The van der Waals surface area contributed by atoms with Crippen molar-refractivity contribution in [3.05, 3.63) is 63.6 Å². The van der Waals surface area contributed by atoms with Crippen molar-refractivity contribution >= 4 is 27.7 Å². The number of benzene rings is 2. The van der Waals surface area contributed by atoms with Crippen molar-refractivity contribution in [1.82, 2.24) is 10.2 Å². The Labute approximate surface area is 187 Å². The maximum Gasteiger partial charge on any atom is 0.261 e. The van der Waals surface area contributed by atoms with E-state index >= 15 is 0 Å². The summed E-state index contributed by atoms with van der Waals surface area (Å²) in [7, 11) is 0. The molecule has 5 nitrogen and oxygen atoms in total. The predicted molar refractivity (Wildman–Crippen MR) is 123 cm³/mol. The number of hydrogen-bond donors (Lipinski definition) is 1. The number of aryl methyl sites for hydroxylation is 1. The van der Waals surface area contributed by atoms with E-state index in [1.807, 2.05) is 77.1 Å². The Kier molecular flexibility index (Phi) is 8.07. The van der Waals surface area contributed by atoms with Crippen molar-refractivity contribution < 1.29 is 14.3 Å². The fraction of sp³-hybridized carbons (Fsp3) is 0.417. The molecule has 0 heterocycles. The fourth-order valence-corrected chi connectivity index (χ4v) is 3.44. The molecule has 0 spiro atoms. The van der Waals surface area contributed by atoms with E-state index in [2.05, 4.69) is 21.2 Å². The van der Waals surface area contributed by atoms with Crippen LogP contribution in [0.5, 0.6) is 5.75 Å². The van der Waals surface area contributed by atoms with Crippen LogP contribution >= 0.6 is 15.9 Å². The molecule has 0 aliphatic heterocycles. The highest BCUT2D eigenvalue weighted by Gasteiger charge is 2.28. The van der Waals surface area contributed by atoms with Crippen molar-refractivity contribution in [2.45, 2.75) is 59.7 Å². The molecule has 0 bridgehead atoms. The van der Waals surface area contributed by atoms with Crippen LogP contribution in [0.1, 0.15) is 44.4 Å². The van der Waals surface area contributed by atoms with E-state index < -0.39 is 6.04 Å². The first kappa shape index (κ1) is 23.9. The van der Waals surface area contributed by atoms with Crippen molar-refractivity contribution in [2.75, 3.05) is 6.61 Å². The zero-order valence-corrected chi connectivity index (χ0v) is 20.2. The topological polar surface area (TPSA) is 58.6 Å². The van der Waals surface area contributed by atoms with E-state index in [0.29, 0.717) is 12.3 Å². The molecule has 0 aromatic heterocycles. The third-order valence-electron chi connectivity index (χ3n) is 4.81. The number of amides is 2. The predicted octanol–water partition coefficient (Wildman–Crippen LogP) is 4.78. The van der Waals surface area contributed by atoms with Gasteiger partial charge in [0.2, 0.25) is 5.91 Å². The van der Waals surface area contributed by atoms with Gasteiger partial charge in [0.05, 0.1) is 0 Å². The van der Waals surface area contributed by atoms with Crippen LogP contribution in [0.25, 0.3) is 0 Å². The van der Waals surface area contributed by atoms with Gasteiger partial charge in [0.25, 0.3) is 5.91 Å². The molecule has 30 heavy (non-hydrogen) atoms. The largest absolute Gasteiger partial charge is 0.483 e. The highest BCUT2D eigenvalue weighted by atomic mass is 79.9. The summed E-state index contributed by atoms with van der Waals surface area (Å²) in [4.78, 5) is 27.5. The van der Waals surface area contributed by atoms with Gasteiger partial charge in [0, 0.05) is 16.6 Å². The molecule has 0 radical (unpaired) electrons. The molecule has 0 aliphatic rings. The Balaban J connectivity index is 2.21. The Morgan fingerprint density at radius 1 is 1.13 bits per heavy atom. The van der Waals surface area contributed by atoms with Crippen LogP contribution in [-0.2, 0) is 16.1 Å². The molecule has 6 heteroatoms. The number of carbonyl (C=O) groups is 2. The molecular weight excluding hydrogens is 444 g/mol. The number of hydrogen-bond acceptors (Lipinski definition) is 3. The molecule has 0 unspecified atom stereocenters. The maximum atomic E-state index is 13.1. The summed E-state index contributed by atoms with van der Waals surface area (Å²) in [6, 6.07) is 12.8. The standard InChI is InChI=1S/C24H31BrN2O3/c1-16-9-7-12-21(17(16)2)30-15-22(28)27(14-19-10-8-11-20(25)13-19)18(3)23(29)26-24(4,5)6/h7-13,18H,14-15H2,1-6H3,(H,26,29)/t18-/m0/s1. The van der Waals surface area contributed by atoms with Gasteiger partial charge in [-0.1, -0.05) is 40.2 Å². The molecular formula is C24H31BrN2O3. The Morgan fingerprint density at radius 3 is 2.43 bits per heavy atom. The van der Waals surface area contributed by atoms with Crippen molar-refractivity contribution in [1.29, 1.82) is 0 Å². The van der Waals surface area contributed by atoms with Gasteiger partial charge in [-0.25, -0.2) is 0 Å². The number of nitrogens with zero attached hydrogens (tertiary/aromatic N) is 1. The first-order chi connectivity index (χ1) is 14.0. The molecule has 2 rings (SSSR count). The van der Waals surface area contributed by atoms with Crippen molar-refractivity contribution in [3.63, 3.8) is 0 Å². The summed E-state index contributed by atoms with van der Waals surface area (Å²) in [6.07, 6.45) is 0. The summed E-state index contributed by atoms with van der Waals surface area (Å²) in [5.74, 6) is 0.238. The minimum atomic E-state index is -0.641. The van der Waals surface area contributed by atoms with Gasteiger partial charge in [0.15, 0.2) is 6.61 Å². The monoisotopic (exact) mass is 474 g/mol. The van der Waals surface area contributed by atoms with Gasteiger partial charge in [-0.2, -0.15) is 0 Å². The number of halogens is 1. The van der Waals surface area contributed by atoms with Crippen molar-refractivity contribution in [2.24, 2.45) is 0 Å². The Morgan fingerprint density at radius 2 is 1.80 bits per heavy atom. The van der Waals surface area contributed by atoms with E-state index in [1.54, 1.807) is 11.8 Å². The Bertz CT molecular complexity index is 906. The second kappa shape index (κ2) is 10.1. The molecule has 2 aromatic carbocycles. The highest BCUT2D eigenvalue weighted by molar-refractivity contribution is 9.10. The molecule has 1 atom stereocenters. The van der Waals surface area contributed by atoms with E-state index in [1.165, 1.54) is 0 Å². The summed E-state index contributed by atoms with van der Waals surface area (Å²) >= 11 is 3.46. The molecule has 0 aliphatic carbocycles. The molecule has 1 N–H and O–H groups in total. The van der Waals surface area contributed by atoms with E-state index in [4.69, 9.17) is 4.74 Å². The number of rotatable bonds is 7. The van der Waals surface area contributed by atoms with Gasteiger partial charge in [-0.15, -0.1) is 0 Å². The maximum absolute atomic E-state index is 13.1. The van der Waals surface area contributed by atoms with Crippen LogP contribution in [0.15, 0.2) is 46.9 Å². The van der Waals surface area contributed by atoms with Gasteiger partial charge in [-0.05, 0) is 76.4 Å². The summed E-state index contributed by atoms with van der Waals surface area (Å²) in [5.41, 5.74) is 2.65. The van der Waals surface area contributed by atoms with Crippen LogP contribution in [0, 0.1) is 13.8 Å². The third-order valence-corrected chi connectivity index (χ3v) is 5.31. The first-order valence-corrected chi connectivity index (χ1v) is 10.8. The normalized spacial score (nSPS) is 12.2. The lowest BCUT2D eigenvalue weighted by Crippen LogP contribution is -2.53. The van der Waals surface area contributed by atoms with Crippen LogP contribution in [-0.4, -0.2) is 34.9 Å². The summed E-state index contributed by atoms with van der Waals surface area (Å²) < 4.78 is 6.74. The molecule has 162 valence electrons. The van der Waals surface area contributed by atoms with Gasteiger partial charge in [-0.3, -0.25) is 9.59 Å². The zero-order chi connectivity index (χ0) is 22.5. The number of ether oxygens (including phenoxy) is 1. The van der Waals surface area contributed by atoms with Crippen LogP contribution < -0.4 is 10.1 Å². The van der Waals surface area contributed by atoms with Crippen molar-refractivity contribution in [3.8, 4) is 5.75 Å². The number of nitrogens with one attached hydrogen (secondary N) is 1. The minimum absolute atomic E-state index is 0.133. The Hall–Kier alpha value is -2.34. The smallest absolute Gasteiger partial charge is 0.261 e. The van der Waals surface area contributed by atoms with Crippen LogP contribution in [0.2, 0.25) is 0 Å². The number of carbonyl (C=O) groups excluding carboxylic acids is 2. The lowest BCUT2D eigenvalue weighted by Gasteiger charge is -2.31. The average molecular weight is 475 g/mol. The third kappa shape index (κ3) is 6.87. The fourth-order valence-electron chi connectivity index (χ4n) is 2.99. The van der Waals surface area contributed by atoms with Gasteiger partial charge >= 0.3 is 0 Å². The van der Waals surface area contributed by atoms with E-state index in [-0.39, 0.29) is 24.0 Å². The first-order valence-electron chi connectivity index (χ1n) is 10.0. The molecule has 0 fully saturated rings. The van der Waals surface area contributed by atoms with E-state index in [9.17, 15) is 9.59 Å². The van der Waals surface area contributed by atoms with Crippen LogP contribution in [0.4, 0.5) is 0 Å². The lowest BCUT2D eigenvalue weighted by molar-refractivity contribution is -0.142. The van der Waals surface area contributed by atoms with Crippen LogP contribution in [0.3, 0.4) is 0 Å². The average Bonchev–Trinajstić information content (AvgIpc) is 2.65. The molecule has 2 aromatic rings. The quantitative estimate of drug-likeness (QED) is 0.628. The second-order valence-electron chi connectivity index (χ2n) is 8.55. The van der Waals surface area contributed by atoms with E-state index in [0.717, 1.165) is 21.2 Å². The molecule has 0 saturated heterocycles. The SMILES string of the molecule is Cc1cccc(OCC(=O)N(Cc2cccc(Br)c2)[C@@H](C)C(=O)NC(C)(C)C)c1C. The molecule has 0 saturated carbocycles. The highest BCUT2D eigenvalue weighted by Crippen LogP contribution is 2.21. The zero-order valence-electron chi connectivity index (χ0n) is 18.6. The summed E-state index contributed by atoms with van der Waals surface area (Å²) in [5, 5.41) is 2.96. The minimum Gasteiger partial charge on any atom is -0.483 e.